The summed E-state index contributed by atoms with van der Waals surface area (Å²) in [5.41, 5.74) is 0. The quantitative estimate of drug-likeness (QED) is 0.451. The van der Waals surface area contributed by atoms with Gasteiger partial charge in [0.1, 0.15) is 0 Å². The molecule has 0 fully saturated rings. The van der Waals surface area contributed by atoms with E-state index in [0.717, 1.165) is 0 Å². The second kappa shape index (κ2) is 2.55. The van der Waals surface area contributed by atoms with Crippen molar-refractivity contribution in [1.29, 1.82) is 0 Å². The molecule has 5 heteroatoms. The minimum atomic E-state index is -3.56. The van der Waals surface area contributed by atoms with Crippen LogP contribution < -0.4 is 0 Å². The maximum atomic E-state index is 10.6. The molecule has 0 heterocycles. The molecule has 6 heavy (non-hydrogen) atoms. The van der Waals surface area contributed by atoms with Crippen LogP contribution in [0.5, 0.6) is 0 Å². The molecule has 0 amide bonds. The molecular weight excluding hydrogens is 137 g/mol. The van der Waals surface area contributed by atoms with Crippen LogP contribution in [0.25, 0.3) is 0 Å². The molecule has 0 spiro atoms. The molecule has 0 bridgehead atoms. The van der Waals surface area contributed by atoms with E-state index in [4.69, 9.17) is 0 Å². The van der Waals surface area contributed by atoms with Gasteiger partial charge in [0.05, 0.1) is 0 Å². The van der Waals surface area contributed by atoms with Crippen molar-refractivity contribution < 1.29 is 14.3 Å². The van der Waals surface area contributed by atoms with E-state index in [1.165, 1.54) is 0 Å². The van der Waals surface area contributed by atoms with Crippen molar-refractivity contribution in [3.8, 4) is 0 Å². The molecule has 0 aromatic rings. The molecular formula is CH2Cl2F2O. The zero-order valence-corrected chi connectivity index (χ0v) is 4.02. The lowest BCUT2D eigenvalue weighted by molar-refractivity contribution is 0.194. The molecule has 2 N–H and O–H groups in total. The van der Waals surface area contributed by atoms with Crippen molar-refractivity contribution in [3.63, 3.8) is 0 Å². The predicted molar refractivity (Wildman–Crippen MR) is 20.3 cm³/mol. The Balaban J connectivity index is 0. The van der Waals surface area contributed by atoms with Gasteiger partial charge < -0.3 is 5.48 Å². The minimum absolute atomic E-state index is 0. The zero-order chi connectivity index (χ0) is 4.50. The molecule has 0 unspecified atom stereocenters. The van der Waals surface area contributed by atoms with Gasteiger partial charge in [-0.3, -0.25) is 0 Å². The second-order valence-corrected chi connectivity index (χ2v) is 1.57. The van der Waals surface area contributed by atoms with Crippen LogP contribution in [-0.4, -0.2) is 10.3 Å². The van der Waals surface area contributed by atoms with E-state index in [1.807, 2.05) is 0 Å². The lowest BCUT2D eigenvalue weighted by Crippen LogP contribution is -1.86. The summed E-state index contributed by atoms with van der Waals surface area (Å²) in [5.74, 6) is 0. The van der Waals surface area contributed by atoms with Gasteiger partial charge in [-0.2, -0.15) is 8.78 Å². The monoisotopic (exact) mass is 138 g/mol. The smallest absolute Gasteiger partial charge is 0.401 e. The lowest BCUT2D eigenvalue weighted by atomic mass is 11.7. The molecule has 1 nitrogen and oxygen atoms in total. The van der Waals surface area contributed by atoms with Crippen LogP contribution in [0, 0.1) is 0 Å². The first-order valence-electron chi connectivity index (χ1n) is 0.756. The van der Waals surface area contributed by atoms with Crippen molar-refractivity contribution >= 4 is 23.2 Å². The first kappa shape index (κ1) is 9.64. The first-order chi connectivity index (χ1) is 2.00. The molecule has 40 valence electrons. The summed E-state index contributed by atoms with van der Waals surface area (Å²) >= 11 is 7.92. The van der Waals surface area contributed by atoms with Gasteiger partial charge in [0.25, 0.3) is 0 Å². The molecule has 0 atom stereocenters. The van der Waals surface area contributed by atoms with Crippen LogP contribution in [0.2, 0.25) is 0 Å². The average molecular weight is 139 g/mol. The Hall–Kier alpha value is 0.400. The summed E-state index contributed by atoms with van der Waals surface area (Å²) in [6.07, 6.45) is 0. The highest BCUT2D eigenvalue weighted by Crippen LogP contribution is 2.22. The molecule has 0 saturated heterocycles. The summed E-state index contributed by atoms with van der Waals surface area (Å²) in [6.45, 7) is 0. The van der Waals surface area contributed by atoms with Gasteiger partial charge >= 0.3 is 4.84 Å². The van der Waals surface area contributed by atoms with Crippen LogP contribution in [0.3, 0.4) is 0 Å². The Morgan fingerprint density at radius 2 is 1.17 bits per heavy atom. The SMILES string of the molecule is FC(F)(Cl)Cl.O. The summed E-state index contributed by atoms with van der Waals surface area (Å²) in [5, 5.41) is 0. The highest BCUT2D eigenvalue weighted by molar-refractivity contribution is 6.45. The van der Waals surface area contributed by atoms with E-state index in [-0.39, 0.29) is 5.48 Å². The Morgan fingerprint density at radius 3 is 1.17 bits per heavy atom. The second-order valence-electron chi connectivity index (χ2n) is 0.429. The summed E-state index contributed by atoms with van der Waals surface area (Å²) in [4.78, 5) is -3.56. The molecule has 0 aliphatic heterocycles. The largest absolute Gasteiger partial charge is 0.412 e. The fourth-order valence-corrected chi connectivity index (χ4v) is 0. The van der Waals surface area contributed by atoms with Gasteiger partial charge in [0.2, 0.25) is 0 Å². The third-order valence-electron chi connectivity index (χ3n) is 0. The minimum Gasteiger partial charge on any atom is -0.412 e. The third-order valence-corrected chi connectivity index (χ3v) is 0. The maximum absolute atomic E-state index is 10.6. The zero-order valence-electron chi connectivity index (χ0n) is 2.51. The topological polar surface area (TPSA) is 31.5 Å². The molecule has 0 saturated carbocycles. The first-order valence-corrected chi connectivity index (χ1v) is 1.51. The molecule has 0 rings (SSSR count). The van der Waals surface area contributed by atoms with Crippen LogP contribution in [0.15, 0.2) is 0 Å². The van der Waals surface area contributed by atoms with E-state index in [1.54, 1.807) is 0 Å². The maximum Gasteiger partial charge on any atom is 0.401 e. The molecule has 0 aromatic carbocycles. The highest BCUT2D eigenvalue weighted by Gasteiger charge is 2.17. The highest BCUT2D eigenvalue weighted by atomic mass is 35.5. The van der Waals surface area contributed by atoms with Crippen molar-refractivity contribution in [3.05, 3.63) is 0 Å². The fraction of sp³-hybridized carbons (Fsp3) is 1.00. The predicted octanol–water partition coefficient (Wildman–Crippen LogP) is 1.19. The summed E-state index contributed by atoms with van der Waals surface area (Å²) in [7, 11) is 0. The number of halogens is 4. The normalized spacial score (nSPS) is 10.0. The Kier molecular flexibility index (Phi) is 4.10. The molecule has 0 aliphatic carbocycles. The number of hydrogen-bond acceptors (Lipinski definition) is 0. The molecule has 0 radical (unpaired) electrons. The standard InChI is InChI=1S/CCl2F2.H2O/c2-1(3,4)5;/h;1H2. The van der Waals surface area contributed by atoms with Crippen LogP contribution in [-0.2, 0) is 0 Å². The Labute approximate surface area is 43.2 Å². The van der Waals surface area contributed by atoms with Crippen molar-refractivity contribution in [2.24, 2.45) is 0 Å². The number of rotatable bonds is 0. The van der Waals surface area contributed by atoms with Crippen LogP contribution in [0.1, 0.15) is 0 Å². The van der Waals surface area contributed by atoms with Gasteiger partial charge in [0, 0.05) is 0 Å². The van der Waals surface area contributed by atoms with Gasteiger partial charge in [0.15, 0.2) is 0 Å². The van der Waals surface area contributed by atoms with E-state index in [0.29, 0.717) is 0 Å². The van der Waals surface area contributed by atoms with Crippen molar-refractivity contribution in [1.82, 2.24) is 0 Å². The summed E-state index contributed by atoms with van der Waals surface area (Å²) in [6, 6.07) is 0. The van der Waals surface area contributed by atoms with E-state index in [2.05, 4.69) is 23.2 Å². The number of alkyl halides is 4. The van der Waals surface area contributed by atoms with Gasteiger partial charge in [-0.05, 0) is 23.2 Å². The molecule has 0 aromatic heterocycles. The van der Waals surface area contributed by atoms with E-state index < -0.39 is 4.84 Å². The van der Waals surface area contributed by atoms with Gasteiger partial charge in [-0.1, -0.05) is 0 Å². The third kappa shape index (κ3) is 318. The fourth-order valence-electron chi connectivity index (χ4n) is 0. The van der Waals surface area contributed by atoms with Crippen molar-refractivity contribution in [2.45, 2.75) is 4.84 Å². The number of hydrogen-bond donors (Lipinski definition) is 0. The lowest BCUT2D eigenvalue weighted by Gasteiger charge is -1.87. The van der Waals surface area contributed by atoms with Crippen molar-refractivity contribution in [2.75, 3.05) is 0 Å². The molecule has 0 aliphatic rings. The van der Waals surface area contributed by atoms with E-state index >= 15 is 0 Å². The van der Waals surface area contributed by atoms with Crippen LogP contribution in [0.4, 0.5) is 8.78 Å². The van der Waals surface area contributed by atoms with Crippen LogP contribution >= 0.6 is 23.2 Å². The summed E-state index contributed by atoms with van der Waals surface area (Å²) < 4.78 is 21.1. The van der Waals surface area contributed by atoms with E-state index in [9.17, 15) is 8.78 Å². The average Bonchev–Trinajstić information content (AvgIpc) is 0.722. The van der Waals surface area contributed by atoms with Gasteiger partial charge in [-0.25, -0.2) is 0 Å². The Bertz CT molecular complexity index is 27.0. The van der Waals surface area contributed by atoms with Gasteiger partial charge in [-0.15, -0.1) is 0 Å². The Morgan fingerprint density at radius 1 is 1.17 bits per heavy atom.